The molecule has 0 heterocycles. The van der Waals surface area contributed by atoms with Crippen LogP contribution in [0, 0.1) is 19.8 Å². The number of carboxylic acids is 1. The summed E-state index contributed by atoms with van der Waals surface area (Å²) in [6, 6.07) is 2.48. The van der Waals surface area contributed by atoms with E-state index in [1.165, 1.54) is 0 Å². The Morgan fingerprint density at radius 2 is 1.85 bits per heavy atom. The molecule has 0 saturated heterocycles. The summed E-state index contributed by atoms with van der Waals surface area (Å²) in [5, 5.41) is 12.1. The minimum atomic E-state index is -1.03. The van der Waals surface area contributed by atoms with Crippen molar-refractivity contribution >= 4 is 23.5 Å². The van der Waals surface area contributed by atoms with Crippen molar-refractivity contribution in [2.24, 2.45) is 5.92 Å². The summed E-state index contributed by atoms with van der Waals surface area (Å²) in [6.07, 6.45) is 0.665. The standard InChI is InChI=1S/C15H20ClNO3/c1-5-8(2)13(15(19)20)17-14(18)11-6-9(3)10(4)7-12(11)16/h6-8,13H,5H2,1-4H3,(H,17,18)(H,19,20)/t8-,13-/m0/s1. The average Bonchev–Trinajstić information content (AvgIpc) is 2.38. The summed E-state index contributed by atoms with van der Waals surface area (Å²) in [6.45, 7) is 7.46. The highest BCUT2D eigenvalue weighted by Crippen LogP contribution is 2.21. The van der Waals surface area contributed by atoms with Gasteiger partial charge in [0, 0.05) is 0 Å². The maximum atomic E-state index is 12.2. The molecule has 5 heteroatoms. The van der Waals surface area contributed by atoms with E-state index in [1.807, 2.05) is 20.8 Å². The molecule has 0 aliphatic rings. The van der Waals surface area contributed by atoms with Crippen LogP contribution >= 0.6 is 11.6 Å². The van der Waals surface area contributed by atoms with Crippen molar-refractivity contribution < 1.29 is 14.7 Å². The minimum absolute atomic E-state index is 0.151. The lowest BCUT2D eigenvalue weighted by molar-refractivity contribution is -0.140. The second-order valence-corrected chi connectivity index (χ2v) is 5.50. The molecule has 1 aromatic rings. The molecule has 110 valence electrons. The van der Waals surface area contributed by atoms with Gasteiger partial charge in [0.15, 0.2) is 0 Å². The van der Waals surface area contributed by atoms with Crippen molar-refractivity contribution in [3.8, 4) is 0 Å². The fourth-order valence-electron chi connectivity index (χ4n) is 1.86. The third kappa shape index (κ3) is 3.73. The zero-order valence-electron chi connectivity index (χ0n) is 12.2. The van der Waals surface area contributed by atoms with E-state index in [2.05, 4.69) is 5.32 Å². The summed E-state index contributed by atoms with van der Waals surface area (Å²) in [7, 11) is 0. The van der Waals surface area contributed by atoms with Crippen molar-refractivity contribution in [2.45, 2.75) is 40.2 Å². The number of hydrogen-bond donors (Lipinski definition) is 2. The van der Waals surface area contributed by atoms with Crippen LogP contribution in [0.2, 0.25) is 5.02 Å². The van der Waals surface area contributed by atoms with E-state index in [9.17, 15) is 14.7 Å². The predicted molar refractivity (Wildman–Crippen MR) is 79.3 cm³/mol. The van der Waals surface area contributed by atoms with Gasteiger partial charge in [0.1, 0.15) is 6.04 Å². The lowest BCUT2D eigenvalue weighted by atomic mass is 9.98. The summed E-state index contributed by atoms with van der Waals surface area (Å²) in [5.74, 6) is -1.64. The fraction of sp³-hybridized carbons (Fsp3) is 0.467. The number of carbonyl (C=O) groups is 2. The van der Waals surface area contributed by atoms with Gasteiger partial charge in [-0.25, -0.2) is 4.79 Å². The fourth-order valence-corrected chi connectivity index (χ4v) is 2.16. The molecular formula is C15H20ClNO3. The van der Waals surface area contributed by atoms with E-state index in [0.717, 1.165) is 11.1 Å². The highest BCUT2D eigenvalue weighted by atomic mass is 35.5. The Hall–Kier alpha value is -1.55. The number of aryl methyl sites for hydroxylation is 2. The first-order valence-electron chi connectivity index (χ1n) is 6.58. The van der Waals surface area contributed by atoms with Crippen LogP contribution in [0.15, 0.2) is 12.1 Å². The monoisotopic (exact) mass is 297 g/mol. The summed E-state index contributed by atoms with van der Waals surface area (Å²) < 4.78 is 0. The molecule has 1 rings (SSSR count). The first kappa shape index (κ1) is 16.5. The highest BCUT2D eigenvalue weighted by Gasteiger charge is 2.26. The van der Waals surface area contributed by atoms with Crippen molar-refractivity contribution in [1.82, 2.24) is 5.32 Å². The molecular weight excluding hydrogens is 278 g/mol. The number of rotatable bonds is 5. The van der Waals surface area contributed by atoms with Gasteiger partial charge in [-0.2, -0.15) is 0 Å². The van der Waals surface area contributed by atoms with Crippen LogP contribution in [0.4, 0.5) is 0 Å². The van der Waals surface area contributed by atoms with Gasteiger partial charge in [0.25, 0.3) is 5.91 Å². The number of aliphatic carboxylic acids is 1. The quantitative estimate of drug-likeness (QED) is 0.877. The first-order chi connectivity index (χ1) is 9.27. The molecule has 0 bridgehead atoms. The molecule has 0 aliphatic carbocycles. The highest BCUT2D eigenvalue weighted by molar-refractivity contribution is 6.34. The number of hydrogen-bond acceptors (Lipinski definition) is 2. The van der Waals surface area contributed by atoms with Gasteiger partial charge in [-0.3, -0.25) is 4.79 Å². The Morgan fingerprint density at radius 1 is 1.30 bits per heavy atom. The Morgan fingerprint density at radius 3 is 2.35 bits per heavy atom. The van der Waals surface area contributed by atoms with E-state index in [0.29, 0.717) is 17.0 Å². The van der Waals surface area contributed by atoms with Crippen LogP contribution in [-0.2, 0) is 4.79 Å². The minimum Gasteiger partial charge on any atom is -0.480 e. The zero-order valence-corrected chi connectivity index (χ0v) is 12.9. The topological polar surface area (TPSA) is 66.4 Å². The van der Waals surface area contributed by atoms with Gasteiger partial charge >= 0.3 is 5.97 Å². The molecule has 2 atom stereocenters. The van der Waals surface area contributed by atoms with Crippen molar-refractivity contribution in [3.63, 3.8) is 0 Å². The van der Waals surface area contributed by atoms with E-state index < -0.39 is 17.9 Å². The maximum absolute atomic E-state index is 12.2. The van der Waals surface area contributed by atoms with Crippen LogP contribution in [0.1, 0.15) is 41.8 Å². The molecule has 20 heavy (non-hydrogen) atoms. The molecule has 4 nitrogen and oxygen atoms in total. The van der Waals surface area contributed by atoms with Crippen LogP contribution in [0.3, 0.4) is 0 Å². The lowest BCUT2D eigenvalue weighted by Gasteiger charge is -2.20. The number of amides is 1. The Labute approximate surface area is 124 Å². The van der Waals surface area contributed by atoms with Crippen LogP contribution in [0.25, 0.3) is 0 Å². The molecule has 0 unspecified atom stereocenters. The average molecular weight is 298 g/mol. The van der Waals surface area contributed by atoms with Crippen LogP contribution < -0.4 is 5.32 Å². The summed E-state index contributed by atoms with van der Waals surface area (Å²) >= 11 is 6.06. The normalized spacial score (nSPS) is 13.7. The molecule has 1 amide bonds. The second kappa shape index (κ2) is 6.75. The number of benzene rings is 1. The number of nitrogens with one attached hydrogen (secondary N) is 1. The molecule has 0 aliphatic heterocycles. The number of carboxylic acid groups (broad SMARTS) is 1. The predicted octanol–water partition coefficient (Wildman–Crippen LogP) is 3.19. The number of carbonyl (C=O) groups excluding carboxylic acids is 1. The molecule has 0 radical (unpaired) electrons. The van der Waals surface area contributed by atoms with Gasteiger partial charge in [-0.05, 0) is 43.0 Å². The Bertz CT molecular complexity index is 528. The van der Waals surface area contributed by atoms with Crippen molar-refractivity contribution in [2.75, 3.05) is 0 Å². The third-order valence-electron chi connectivity index (χ3n) is 3.59. The van der Waals surface area contributed by atoms with Gasteiger partial charge in [0.05, 0.1) is 10.6 Å². The molecule has 0 spiro atoms. The smallest absolute Gasteiger partial charge is 0.326 e. The SMILES string of the molecule is CC[C@H](C)[C@H](NC(=O)c1cc(C)c(C)cc1Cl)C(=O)O. The molecule has 0 saturated carbocycles. The van der Waals surface area contributed by atoms with Gasteiger partial charge in [-0.1, -0.05) is 31.9 Å². The van der Waals surface area contributed by atoms with Gasteiger partial charge in [0.2, 0.25) is 0 Å². The van der Waals surface area contributed by atoms with Crippen LogP contribution in [0.5, 0.6) is 0 Å². The zero-order chi connectivity index (χ0) is 15.4. The Balaban J connectivity index is 3.01. The molecule has 1 aromatic carbocycles. The molecule has 2 N–H and O–H groups in total. The van der Waals surface area contributed by atoms with E-state index in [1.54, 1.807) is 19.1 Å². The lowest BCUT2D eigenvalue weighted by Crippen LogP contribution is -2.45. The largest absolute Gasteiger partial charge is 0.480 e. The summed E-state index contributed by atoms with van der Waals surface area (Å²) in [5.41, 5.74) is 2.24. The van der Waals surface area contributed by atoms with E-state index >= 15 is 0 Å². The second-order valence-electron chi connectivity index (χ2n) is 5.09. The van der Waals surface area contributed by atoms with E-state index in [4.69, 9.17) is 11.6 Å². The maximum Gasteiger partial charge on any atom is 0.326 e. The molecule has 0 aromatic heterocycles. The first-order valence-corrected chi connectivity index (χ1v) is 6.96. The van der Waals surface area contributed by atoms with E-state index in [-0.39, 0.29) is 5.92 Å². The summed E-state index contributed by atoms with van der Waals surface area (Å²) in [4.78, 5) is 23.4. The van der Waals surface area contributed by atoms with Gasteiger partial charge < -0.3 is 10.4 Å². The molecule has 0 fully saturated rings. The third-order valence-corrected chi connectivity index (χ3v) is 3.91. The van der Waals surface area contributed by atoms with Crippen molar-refractivity contribution in [1.29, 1.82) is 0 Å². The van der Waals surface area contributed by atoms with Crippen LogP contribution in [-0.4, -0.2) is 23.0 Å². The Kier molecular flexibility index (Phi) is 5.57. The van der Waals surface area contributed by atoms with Crippen molar-refractivity contribution in [3.05, 3.63) is 33.8 Å². The number of halogens is 1. The van der Waals surface area contributed by atoms with Gasteiger partial charge in [-0.15, -0.1) is 0 Å².